The van der Waals surface area contributed by atoms with Crippen molar-refractivity contribution in [1.82, 2.24) is 25.2 Å². The Bertz CT molecular complexity index is 856. The van der Waals surface area contributed by atoms with E-state index < -0.39 is 0 Å². The molecular weight excluding hydrogens is 338 g/mol. The van der Waals surface area contributed by atoms with E-state index in [0.29, 0.717) is 18.8 Å². The molecule has 0 aliphatic carbocycles. The highest BCUT2D eigenvalue weighted by Crippen LogP contribution is 2.19. The van der Waals surface area contributed by atoms with E-state index in [1.54, 1.807) is 10.9 Å². The highest BCUT2D eigenvalue weighted by atomic mass is 16.2. The summed E-state index contributed by atoms with van der Waals surface area (Å²) in [7, 11) is 4.03. The number of nitrogens with one attached hydrogen (secondary N) is 1. The van der Waals surface area contributed by atoms with E-state index in [2.05, 4.69) is 56.9 Å². The Hall–Kier alpha value is -2.99. The second-order valence-electron chi connectivity index (χ2n) is 6.78. The van der Waals surface area contributed by atoms with Crippen molar-refractivity contribution in [3.8, 4) is 11.1 Å². The number of hydrogen-bond acceptors (Lipinski definition) is 4. The third-order valence-corrected chi connectivity index (χ3v) is 4.24. The SMILES string of the molecule is CN(C)CCCNC(=O)c1cn(Cc2ccc(-c3ccccc3)cc2)nn1. The fraction of sp³-hybridized carbons (Fsp3) is 0.286. The molecule has 3 rings (SSSR count). The van der Waals surface area contributed by atoms with Crippen LogP contribution < -0.4 is 5.32 Å². The number of amides is 1. The first-order chi connectivity index (χ1) is 13.1. The highest BCUT2D eigenvalue weighted by Gasteiger charge is 2.10. The molecule has 0 saturated carbocycles. The average Bonchev–Trinajstić information content (AvgIpc) is 3.15. The van der Waals surface area contributed by atoms with Crippen LogP contribution >= 0.6 is 0 Å². The molecule has 1 amide bonds. The number of benzene rings is 2. The molecule has 0 fully saturated rings. The summed E-state index contributed by atoms with van der Waals surface area (Å²) in [5.74, 6) is -0.181. The normalized spacial score (nSPS) is 10.9. The number of aromatic nitrogens is 3. The summed E-state index contributed by atoms with van der Waals surface area (Å²) in [6.45, 7) is 2.15. The van der Waals surface area contributed by atoms with Gasteiger partial charge >= 0.3 is 0 Å². The Morgan fingerprint density at radius 3 is 2.44 bits per heavy atom. The van der Waals surface area contributed by atoms with E-state index in [0.717, 1.165) is 18.5 Å². The third kappa shape index (κ3) is 5.49. The average molecular weight is 363 g/mol. The lowest BCUT2D eigenvalue weighted by molar-refractivity contribution is 0.0947. The molecule has 0 saturated heterocycles. The quantitative estimate of drug-likeness (QED) is 0.625. The lowest BCUT2D eigenvalue weighted by atomic mass is 10.0. The van der Waals surface area contributed by atoms with Gasteiger partial charge in [-0.15, -0.1) is 5.10 Å². The van der Waals surface area contributed by atoms with Crippen molar-refractivity contribution in [2.24, 2.45) is 0 Å². The third-order valence-electron chi connectivity index (χ3n) is 4.24. The van der Waals surface area contributed by atoms with Crippen molar-refractivity contribution in [2.75, 3.05) is 27.2 Å². The zero-order chi connectivity index (χ0) is 19.1. The van der Waals surface area contributed by atoms with E-state index in [1.165, 1.54) is 11.1 Å². The molecule has 0 spiro atoms. The van der Waals surface area contributed by atoms with Gasteiger partial charge in [-0.1, -0.05) is 59.8 Å². The van der Waals surface area contributed by atoms with Gasteiger partial charge in [0.2, 0.25) is 0 Å². The van der Waals surface area contributed by atoms with Crippen LogP contribution in [0.2, 0.25) is 0 Å². The minimum Gasteiger partial charge on any atom is -0.351 e. The summed E-state index contributed by atoms with van der Waals surface area (Å²) in [6, 6.07) is 18.6. The molecule has 1 aromatic heterocycles. The van der Waals surface area contributed by atoms with Crippen LogP contribution in [0.5, 0.6) is 0 Å². The maximum atomic E-state index is 12.1. The first-order valence-corrected chi connectivity index (χ1v) is 9.09. The Morgan fingerprint density at radius 1 is 1.04 bits per heavy atom. The minimum absolute atomic E-state index is 0.181. The first kappa shape index (κ1) is 18.8. The Kier molecular flexibility index (Phi) is 6.33. The molecule has 6 heteroatoms. The highest BCUT2D eigenvalue weighted by molar-refractivity contribution is 5.91. The lowest BCUT2D eigenvalue weighted by Gasteiger charge is -2.08. The van der Waals surface area contributed by atoms with Crippen LogP contribution in [-0.4, -0.2) is 53.0 Å². The number of carbonyl (C=O) groups is 1. The molecule has 1 N–H and O–H groups in total. The van der Waals surface area contributed by atoms with E-state index in [1.807, 2.05) is 32.3 Å². The van der Waals surface area contributed by atoms with Gasteiger partial charge in [0.05, 0.1) is 12.7 Å². The molecule has 0 atom stereocenters. The van der Waals surface area contributed by atoms with E-state index in [-0.39, 0.29) is 5.91 Å². The topological polar surface area (TPSA) is 63.1 Å². The van der Waals surface area contributed by atoms with Crippen molar-refractivity contribution in [3.05, 3.63) is 72.1 Å². The van der Waals surface area contributed by atoms with Gasteiger partial charge in [0.25, 0.3) is 5.91 Å². The van der Waals surface area contributed by atoms with Gasteiger partial charge in [0, 0.05) is 6.54 Å². The van der Waals surface area contributed by atoms with Crippen molar-refractivity contribution >= 4 is 5.91 Å². The number of rotatable bonds is 8. The Labute approximate surface area is 159 Å². The standard InChI is InChI=1S/C21H25N5O/c1-25(2)14-6-13-22-21(27)20-16-26(24-23-20)15-17-9-11-19(12-10-17)18-7-4-3-5-8-18/h3-5,7-12,16H,6,13-15H2,1-2H3,(H,22,27). The number of nitrogens with zero attached hydrogens (tertiary/aromatic N) is 4. The predicted octanol–water partition coefficient (Wildman–Crippen LogP) is 2.67. The van der Waals surface area contributed by atoms with E-state index >= 15 is 0 Å². The molecule has 1 heterocycles. The van der Waals surface area contributed by atoms with Crippen LogP contribution in [0.4, 0.5) is 0 Å². The number of carbonyl (C=O) groups excluding carboxylic acids is 1. The fourth-order valence-corrected chi connectivity index (χ4v) is 2.79. The van der Waals surface area contributed by atoms with Gasteiger partial charge in [-0.3, -0.25) is 4.79 Å². The van der Waals surface area contributed by atoms with E-state index in [9.17, 15) is 4.79 Å². The van der Waals surface area contributed by atoms with Crippen LogP contribution in [0.25, 0.3) is 11.1 Å². The summed E-state index contributed by atoms with van der Waals surface area (Å²) in [4.78, 5) is 14.2. The number of hydrogen-bond donors (Lipinski definition) is 1. The van der Waals surface area contributed by atoms with Crippen molar-refractivity contribution in [2.45, 2.75) is 13.0 Å². The molecule has 0 unspecified atom stereocenters. The smallest absolute Gasteiger partial charge is 0.273 e. The maximum absolute atomic E-state index is 12.1. The lowest BCUT2D eigenvalue weighted by Crippen LogP contribution is -2.27. The Morgan fingerprint density at radius 2 is 1.74 bits per heavy atom. The summed E-state index contributed by atoms with van der Waals surface area (Å²) in [5, 5.41) is 10.9. The summed E-state index contributed by atoms with van der Waals surface area (Å²) in [6.07, 6.45) is 2.59. The fourth-order valence-electron chi connectivity index (χ4n) is 2.79. The van der Waals surface area contributed by atoms with Crippen molar-refractivity contribution in [3.63, 3.8) is 0 Å². The second-order valence-corrected chi connectivity index (χ2v) is 6.78. The zero-order valence-corrected chi connectivity index (χ0v) is 15.8. The van der Waals surface area contributed by atoms with Gasteiger partial charge in [0.15, 0.2) is 5.69 Å². The van der Waals surface area contributed by atoms with Crippen LogP contribution in [0.3, 0.4) is 0 Å². The van der Waals surface area contributed by atoms with Gasteiger partial charge in [-0.25, -0.2) is 4.68 Å². The van der Waals surface area contributed by atoms with Gasteiger partial charge < -0.3 is 10.2 Å². The molecule has 6 nitrogen and oxygen atoms in total. The Balaban J connectivity index is 1.55. The molecule has 0 radical (unpaired) electrons. The molecule has 3 aromatic rings. The molecule has 0 aliphatic rings. The molecular formula is C21H25N5O. The molecule has 27 heavy (non-hydrogen) atoms. The monoisotopic (exact) mass is 363 g/mol. The van der Waals surface area contributed by atoms with Crippen molar-refractivity contribution in [1.29, 1.82) is 0 Å². The first-order valence-electron chi connectivity index (χ1n) is 9.09. The minimum atomic E-state index is -0.181. The summed E-state index contributed by atoms with van der Waals surface area (Å²) in [5.41, 5.74) is 3.83. The second kappa shape index (κ2) is 9.09. The zero-order valence-electron chi connectivity index (χ0n) is 15.8. The van der Waals surface area contributed by atoms with Crippen molar-refractivity contribution < 1.29 is 4.79 Å². The van der Waals surface area contributed by atoms with Gasteiger partial charge in [-0.05, 0) is 43.8 Å². The predicted molar refractivity (Wildman–Crippen MR) is 107 cm³/mol. The molecule has 140 valence electrons. The van der Waals surface area contributed by atoms with Gasteiger partial charge in [-0.2, -0.15) is 0 Å². The largest absolute Gasteiger partial charge is 0.351 e. The molecule has 2 aromatic carbocycles. The maximum Gasteiger partial charge on any atom is 0.273 e. The van der Waals surface area contributed by atoms with Crippen LogP contribution in [0.15, 0.2) is 60.8 Å². The van der Waals surface area contributed by atoms with Gasteiger partial charge in [0.1, 0.15) is 0 Å². The van der Waals surface area contributed by atoms with Crippen LogP contribution in [0, 0.1) is 0 Å². The van der Waals surface area contributed by atoms with E-state index in [4.69, 9.17) is 0 Å². The van der Waals surface area contributed by atoms with Crippen LogP contribution in [0.1, 0.15) is 22.5 Å². The molecule has 0 aliphatic heterocycles. The molecule has 0 bridgehead atoms. The summed E-state index contributed by atoms with van der Waals surface area (Å²) < 4.78 is 1.69. The van der Waals surface area contributed by atoms with Crippen LogP contribution in [-0.2, 0) is 6.54 Å². The summed E-state index contributed by atoms with van der Waals surface area (Å²) >= 11 is 0.